The van der Waals surface area contributed by atoms with Crippen LogP contribution in [0.2, 0.25) is 0 Å². The van der Waals surface area contributed by atoms with Gasteiger partial charge in [0.25, 0.3) is 0 Å². The first-order chi connectivity index (χ1) is 15.0. The van der Waals surface area contributed by atoms with Crippen molar-refractivity contribution >= 4 is 17.5 Å². The maximum atomic E-state index is 4.84. The minimum Gasteiger partial charge on any atom is -0.368 e. The van der Waals surface area contributed by atoms with Crippen molar-refractivity contribution in [3.8, 4) is 11.3 Å². The van der Waals surface area contributed by atoms with Crippen LogP contribution in [0.1, 0.15) is 43.6 Å². The van der Waals surface area contributed by atoms with Gasteiger partial charge in [0.1, 0.15) is 5.82 Å². The molecule has 1 aliphatic carbocycles. The maximum absolute atomic E-state index is 4.84. The predicted molar refractivity (Wildman–Crippen MR) is 123 cm³/mol. The van der Waals surface area contributed by atoms with Gasteiger partial charge in [0.15, 0.2) is 0 Å². The third kappa shape index (κ3) is 3.65. The van der Waals surface area contributed by atoms with Crippen LogP contribution in [0, 0.1) is 0 Å². The Kier molecular flexibility index (Phi) is 5.09. The smallest absolute Gasteiger partial charge is 0.228 e. The Labute approximate surface area is 183 Å². The van der Waals surface area contributed by atoms with Crippen molar-refractivity contribution in [3.63, 3.8) is 0 Å². The van der Waals surface area contributed by atoms with Crippen LogP contribution in [0.5, 0.6) is 0 Å². The molecule has 0 atom stereocenters. The third-order valence-electron chi connectivity index (χ3n) is 6.34. The molecule has 0 radical (unpaired) electrons. The average molecular weight is 419 g/mol. The molecule has 1 fully saturated rings. The lowest BCUT2D eigenvalue weighted by Gasteiger charge is -2.35. The Hall–Kier alpha value is -3.00. The van der Waals surface area contributed by atoms with E-state index in [2.05, 4.69) is 51.9 Å². The van der Waals surface area contributed by atoms with Crippen molar-refractivity contribution < 1.29 is 0 Å². The van der Waals surface area contributed by atoms with E-state index in [9.17, 15) is 0 Å². The molecule has 3 aromatic heterocycles. The van der Waals surface area contributed by atoms with Crippen LogP contribution >= 0.6 is 0 Å². The molecule has 1 aliphatic heterocycles. The molecule has 1 N–H and O–H groups in total. The predicted octanol–water partition coefficient (Wildman–Crippen LogP) is 3.19. The summed E-state index contributed by atoms with van der Waals surface area (Å²) in [5.74, 6) is 1.71. The van der Waals surface area contributed by atoms with Crippen LogP contribution in [0.15, 0.2) is 24.5 Å². The lowest BCUT2D eigenvalue weighted by molar-refractivity contribution is 0.271. The van der Waals surface area contributed by atoms with Gasteiger partial charge in [0, 0.05) is 57.0 Å². The van der Waals surface area contributed by atoms with Gasteiger partial charge in [0.05, 0.1) is 29.0 Å². The fraction of sp³-hybridized carbons (Fsp3) is 0.478. The second kappa shape index (κ2) is 7.92. The highest BCUT2D eigenvalue weighted by Crippen LogP contribution is 2.40. The van der Waals surface area contributed by atoms with E-state index in [1.54, 1.807) is 0 Å². The molecule has 5 rings (SSSR count). The largest absolute Gasteiger partial charge is 0.368 e. The van der Waals surface area contributed by atoms with Gasteiger partial charge in [-0.25, -0.2) is 15.0 Å². The van der Waals surface area contributed by atoms with Gasteiger partial charge in [-0.1, -0.05) is 20.8 Å². The fourth-order valence-corrected chi connectivity index (χ4v) is 4.72. The summed E-state index contributed by atoms with van der Waals surface area (Å²) < 4.78 is 1.99. The summed E-state index contributed by atoms with van der Waals surface area (Å²) in [5, 5.41) is 7.99. The highest BCUT2D eigenvalue weighted by atomic mass is 15.3. The topological polar surface area (TPSA) is 75.0 Å². The Morgan fingerprint density at radius 3 is 2.55 bits per heavy atom. The summed E-state index contributed by atoms with van der Waals surface area (Å²) in [4.78, 5) is 18.9. The fourth-order valence-electron chi connectivity index (χ4n) is 4.72. The summed E-state index contributed by atoms with van der Waals surface area (Å²) >= 11 is 0. The number of nitrogens with one attached hydrogen (secondary N) is 1. The number of piperazine rings is 1. The monoisotopic (exact) mass is 418 g/mol. The van der Waals surface area contributed by atoms with Crippen molar-refractivity contribution in [3.05, 3.63) is 41.5 Å². The van der Waals surface area contributed by atoms with Crippen molar-refractivity contribution in [1.82, 2.24) is 29.6 Å². The average Bonchev–Trinajstić information content (AvgIpc) is 3.28. The molecule has 3 aromatic rings. The number of anilines is 3. The molecule has 0 unspecified atom stereocenters. The number of fused-ring (bicyclic) bond motifs is 3. The number of pyridine rings is 1. The minimum absolute atomic E-state index is 0.381. The van der Waals surface area contributed by atoms with Crippen molar-refractivity contribution in [1.29, 1.82) is 0 Å². The molecule has 0 spiro atoms. The van der Waals surface area contributed by atoms with Gasteiger partial charge in [-0.05, 0) is 24.6 Å². The van der Waals surface area contributed by atoms with E-state index in [1.807, 2.05) is 30.2 Å². The zero-order chi connectivity index (χ0) is 21.5. The van der Waals surface area contributed by atoms with E-state index in [-0.39, 0.29) is 0 Å². The number of likely N-dealkylation sites (N-methyl/N-ethyl adjacent to an activating group) is 1. The zero-order valence-electron chi connectivity index (χ0n) is 18.8. The van der Waals surface area contributed by atoms with Crippen molar-refractivity contribution in [2.24, 2.45) is 7.05 Å². The molecule has 0 aromatic carbocycles. The van der Waals surface area contributed by atoms with E-state index in [0.717, 1.165) is 67.6 Å². The first kappa shape index (κ1) is 19.9. The van der Waals surface area contributed by atoms with Gasteiger partial charge < -0.3 is 15.1 Å². The van der Waals surface area contributed by atoms with E-state index in [4.69, 9.17) is 10.1 Å². The van der Waals surface area contributed by atoms with Crippen LogP contribution in [0.3, 0.4) is 0 Å². The van der Waals surface area contributed by atoms with E-state index < -0.39 is 0 Å². The van der Waals surface area contributed by atoms with E-state index >= 15 is 0 Å². The van der Waals surface area contributed by atoms with Crippen LogP contribution in [0.25, 0.3) is 11.3 Å². The van der Waals surface area contributed by atoms with Gasteiger partial charge in [-0.15, -0.1) is 0 Å². The number of aryl methyl sites for hydroxylation is 1. The second-order valence-corrected chi connectivity index (χ2v) is 8.68. The molecule has 0 saturated carbocycles. The molecular formula is C23H30N8. The van der Waals surface area contributed by atoms with Crippen molar-refractivity contribution in [2.45, 2.75) is 33.1 Å². The van der Waals surface area contributed by atoms with Crippen LogP contribution in [-0.2, 0) is 13.5 Å². The Balaban J connectivity index is 1.34. The highest BCUT2D eigenvalue weighted by Gasteiger charge is 2.29. The summed E-state index contributed by atoms with van der Waals surface area (Å²) in [7, 11) is 2.02. The summed E-state index contributed by atoms with van der Waals surface area (Å²) in [6.45, 7) is 12.0. The number of hydrogen-bond donors (Lipinski definition) is 1. The first-order valence-corrected chi connectivity index (χ1v) is 11.2. The SMILES string of the molecule is CCN1CCN(c2ccc(Nc3ncc4c(n3)-c3c(nn(C)c3C(C)C)C4)nc2)CC1. The van der Waals surface area contributed by atoms with Gasteiger partial charge >= 0.3 is 0 Å². The molecule has 8 nitrogen and oxygen atoms in total. The highest BCUT2D eigenvalue weighted by molar-refractivity contribution is 5.75. The molecule has 162 valence electrons. The maximum Gasteiger partial charge on any atom is 0.228 e. The molecule has 31 heavy (non-hydrogen) atoms. The molecule has 0 amide bonds. The van der Waals surface area contributed by atoms with Gasteiger partial charge in [0.2, 0.25) is 5.95 Å². The first-order valence-electron chi connectivity index (χ1n) is 11.2. The van der Waals surface area contributed by atoms with Crippen LogP contribution < -0.4 is 10.2 Å². The number of rotatable bonds is 5. The third-order valence-corrected chi connectivity index (χ3v) is 6.34. The van der Waals surface area contributed by atoms with Gasteiger partial charge in [-0.2, -0.15) is 5.10 Å². The number of nitrogens with zero attached hydrogens (tertiary/aromatic N) is 7. The van der Waals surface area contributed by atoms with E-state index in [0.29, 0.717) is 11.9 Å². The Bertz CT molecular complexity index is 1080. The zero-order valence-corrected chi connectivity index (χ0v) is 18.8. The Morgan fingerprint density at radius 2 is 1.87 bits per heavy atom. The summed E-state index contributed by atoms with van der Waals surface area (Å²) in [6, 6.07) is 4.13. The van der Waals surface area contributed by atoms with Gasteiger partial charge in [-0.3, -0.25) is 4.68 Å². The molecule has 1 saturated heterocycles. The Morgan fingerprint density at radius 1 is 1.06 bits per heavy atom. The molecule has 8 heteroatoms. The minimum atomic E-state index is 0.381. The summed E-state index contributed by atoms with van der Waals surface area (Å²) in [5.41, 5.74) is 6.79. The number of hydrogen-bond acceptors (Lipinski definition) is 7. The standard InChI is InChI=1S/C23H30N8/c1-5-30-8-10-31(11-9-30)17-6-7-19(24-14-17)26-23-25-13-16-12-18-20(21(16)27-23)22(15(2)3)29(4)28-18/h6-7,13-15H,5,8-12H2,1-4H3,(H,24,25,26,27). The lowest BCUT2D eigenvalue weighted by Crippen LogP contribution is -2.46. The molecule has 0 bridgehead atoms. The molecular weight excluding hydrogens is 388 g/mol. The quantitative estimate of drug-likeness (QED) is 0.533. The normalized spacial score (nSPS) is 16.0. The summed E-state index contributed by atoms with van der Waals surface area (Å²) in [6.07, 6.45) is 4.65. The van der Waals surface area contributed by atoms with Crippen LogP contribution in [-0.4, -0.2) is 62.4 Å². The van der Waals surface area contributed by atoms with Crippen molar-refractivity contribution in [2.75, 3.05) is 42.9 Å². The van der Waals surface area contributed by atoms with Crippen LogP contribution in [0.4, 0.5) is 17.5 Å². The number of aromatic nitrogens is 5. The lowest BCUT2D eigenvalue weighted by atomic mass is 10.0. The molecule has 2 aliphatic rings. The molecule has 4 heterocycles. The second-order valence-electron chi connectivity index (χ2n) is 8.68. The van der Waals surface area contributed by atoms with E-state index in [1.165, 1.54) is 11.3 Å².